The van der Waals surface area contributed by atoms with Crippen LogP contribution in [0.1, 0.15) is 4.88 Å². The third-order valence-electron chi connectivity index (χ3n) is 2.96. The maximum atomic E-state index is 13.1. The minimum absolute atomic E-state index is 0.164. The summed E-state index contributed by atoms with van der Waals surface area (Å²) in [7, 11) is 0. The van der Waals surface area contributed by atoms with Gasteiger partial charge in [-0.25, -0.2) is 4.39 Å². The fraction of sp³-hybridized carbons (Fsp3) is 0.231. The molecule has 1 unspecified atom stereocenters. The van der Waals surface area contributed by atoms with Gasteiger partial charge in [-0.1, -0.05) is 11.8 Å². The first kappa shape index (κ1) is 13.4. The molecular weight excluding hydrogens is 299 g/mol. The Morgan fingerprint density at radius 2 is 2.30 bits per heavy atom. The number of hydrogen-bond acceptors (Lipinski definition) is 4. The van der Waals surface area contributed by atoms with E-state index in [0.29, 0.717) is 12.3 Å². The molecule has 1 aliphatic heterocycles. The van der Waals surface area contributed by atoms with Crippen LogP contribution in [0.4, 0.5) is 9.18 Å². The van der Waals surface area contributed by atoms with E-state index < -0.39 is 6.04 Å². The highest BCUT2D eigenvalue weighted by Crippen LogP contribution is 2.26. The number of benzene rings is 1. The van der Waals surface area contributed by atoms with Crippen molar-refractivity contribution >= 4 is 44.3 Å². The topological polar surface area (TPSA) is 58.2 Å². The maximum Gasteiger partial charge on any atom is 0.279 e. The molecule has 4 nitrogen and oxygen atoms in total. The molecular formula is C13H11FN2O2S2. The normalized spacial score (nSPS) is 18.2. The SMILES string of the molecule is O=C1NC(C(=O)NCc2cc3cc(F)ccc3s2)CS1. The average Bonchev–Trinajstić information content (AvgIpc) is 3.01. The molecule has 0 bridgehead atoms. The molecule has 7 heteroatoms. The fourth-order valence-electron chi connectivity index (χ4n) is 1.98. The molecule has 104 valence electrons. The van der Waals surface area contributed by atoms with Crippen molar-refractivity contribution in [3.63, 3.8) is 0 Å². The van der Waals surface area contributed by atoms with Crippen LogP contribution in [0.25, 0.3) is 10.1 Å². The van der Waals surface area contributed by atoms with Crippen LogP contribution < -0.4 is 10.6 Å². The molecule has 0 saturated carbocycles. The summed E-state index contributed by atoms with van der Waals surface area (Å²) in [6.45, 7) is 0.386. The Kier molecular flexibility index (Phi) is 3.62. The molecule has 3 rings (SSSR count). The van der Waals surface area contributed by atoms with Crippen molar-refractivity contribution in [1.82, 2.24) is 10.6 Å². The number of fused-ring (bicyclic) bond motifs is 1. The van der Waals surface area contributed by atoms with Crippen LogP contribution in [0.3, 0.4) is 0 Å². The Labute approximate surface area is 122 Å². The Hall–Kier alpha value is -1.60. The molecule has 2 heterocycles. The van der Waals surface area contributed by atoms with Gasteiger partial charge < -0.3 is 10.6 Å². The first-order valence-corrected chi connectivity index (χ1v) is 7.81. The fourth-order valence-corrected chi connectivity index (χ4v) is 3.74. The highest BCUT2D eigenvalue weighted by molar-refractivity contribution is 8.14. The molecule has 0 aliphatic carbocycles. The molecule has 2 N–H and O–H groups in total. The van der Waals surface area contributed by atoms with E-state index >= 15 is 0 Å². The number of carbonyl (C=O) groups is 2. The van der Waals surface area contributed by atoms with Gasteiger partial charge in [-0.15, -0.1) is 11.3 Å². The lowest BCUT2D eigenvalue weighted by Gasteiger charge is -2.08. The zero-order valence-corrected chi connectivity index (χ0v) is 11.9. The van der Waals surface area contributed by atoms with Crippen molar-refractivity contribution in [3.8, 4) is 0 Å². The second-order valence-electron chi connectivity index (χ2n) is 4.41. The van der Waals surface area contributed by atoms with Crippen LogP contribution in [0.15, 0.2) is 24.3 Å². The van der Waals surface area contributed by atoms with Gasteiger partial charge in [-0.05, 0) is 29.7 Å². The molecule has 1 saturated heterocycles. The summed E-state index contributed by atoms with van der Waals surface area (Å²) in [5.41, 5.74) is 0. The number of amides is 2. The largest absolute Gasteiger partial charge is 0.349 e. The number of thiophene rings is 1. The predicted octanol–water partition coefficient (Wildman–Crippen LogP) is 2.48. The number of halogens is 1. The second-order valence-corrected chi connectivity index (χ2v) is 6.57. The molecule has 1 atom stereocenters. The molecule has 20 heavy (non-hydrogen) atoms. The minimum atomic E-state index is -0.459. The van der Waals surface area contributed by atoms with Crippen LogP contribution in [0.2, 0.25) is 0 Å². The lowest BCUT2D eigenvalue weighted by atomic mass is 10.2. The molecule has 2 amide bonds. The van der Waals surface area contributed by atoms with Crippen LogP contribution in [0, 0.1) is 5.82 Å². The van der Waals surface area contributed by atoms with E-state index in [2.05, 4.69) is 10.6 Å². The highest BCUT2D eigenvalue weighted by Gasteiger charge is 2.27. The van der Waals surface area contributed by atoms with Crippen molar-refractivity contribution in [3.05, 3.63) is 35.0 Å². The van der Waals surface area contributed by atoms with E-state index in [1.165, 1.54) is 23.5 Å². The molecule has 0 radical (unpaired) electrons. The van der Waals surface area contributed by atoms with Crippen molar-refractivity contribution in [2.45, 2.75) is 12.6 Å². The van der Waals surface area contributed by atoms with Gasteiger partial charge in [0.25, 0.3) is 5.24 Å². The van der Waals surface area contributed by atoms with Crippen molar-refractivity contribution in [2.24, 2.45) is 0 Å². The van der Waals surface area contributed by atoms with E-state index in [0.717, 1.165) is 26.7 Å². The van der Waals surface area contributed by atoms with Gasteiger partial charge in [0.1, 0.15) is 11.9 Å². The van der Waals surface area contributed by atoms with E-state index in [9.17, 15) is 14.0 Å². The molecule has 1 aromatic carbocycles. The number of nitrogens with one attached hydrogen (secondary N) is 2. The van der Waals surface area contributed by atoms with Crippen LogP contribution in [-0.2, 0) is 11.3 Å². The molecule has 0 spiro atoms. The Morgan fingerprint density at radius 1 is 1.45 bits per heavy atom. The third-order valence-corrected chi connectivity index (χ3v) is 4.95. The summed E-state index contributed by atoms with van der Waals surface area (Å²) in [4.78, 5) is 23.8. The van der Waals surface area contributed by atoms with Crippen molar-refractivity contribution < 1.29 is 14.0 Å². The Balaban J connectivity index is 1.64. The van der Waals surface area contributed by atoms with Crippen LogP contribution in [0.5, 0.6) is 0 Å². The van der Waals surface area contributed by atoms with E-state index in [1.54, 1.807) is 6.07 Å². The number of hydrogen-bond donors (Lipinski definition) is 2. The maximum absolute atomic E-state index is 13.1. The molecule has 1 aliphatic rings. The molecule has 1 fully saturated rings. The van der Waals surface area contributed by atoms with Gasteiger partial charge in [-0.3, -0.25) is 9.59 Å². The van der Waals surface area contributed by atoms with Crippen LogP contribution >= 0.6 is 23.1 Å². The Bertz CT molecular complexity index is 686. The number of carbonyl (C=O) groups excluding carboxylic acids is 2. The van der Waals surface area contributed by atoms with Gasteiger partial charge in [0.15, 0.2) is 0 Å². The zero-order valence-electron chi connectivity index (χ0n) is 10.3. The van der Waals surface area contributed by atoms with Gasteiger partial charge in [0, 0.05) is 15.3 Å². The van der Waals surface area contributed by atoms with Gasteiger partial charge >= 0.3 is 0 Å². The zero-order chi connectivity index (χ0) is 14.1. The van der Waals surface area contributed by atoms with Crippen LogP contribution in [-0.4, -0.2) is 22.9 Å². The summed E-state index contributed by atoms with van der Waals surface area (Å²) in [5, 5.41) is 6.05. The lowest BCUT2D eigenvalue weighted by molar-refractivity contribution is -0.122. The number of thioether (sulfide) groups is 1. The lowest BCUT2D eigenvalue weighted by Crippen LogP contribution is -2.42. The highest BCUT2D eigenvalue weighted by atomic mass is 32.2. The summed E-state index contributed by atoms with van der Waals surface area (Å²) in [6, 6.07) is 6.04. The summed E-state index contributed by atoms with van der Waals surface area (Å²) in [5.74, 6) is 0.00558. The van der Waals surface area contributed by atoms with Crippen molar-refractivity contribution in [1.29, 1.82) is 0 Å². The first-order valence-electron chi connectivity index (χ1n) is 6.01. The van der Waals surface area contributed by atoms with E-state index in [1.807, 2.05) is 6.07 Å². The van der Waals surface area contributed by atoms with Gasteiger partial charge in [0.2, 0.25) is 5.91 Å². The summed E-state index contributed by atoms with van der Waals surface area (Å²) >= 11 is 2.63. The molecule has 2 aromatic rings. The summed E-state index contributed by atoms with van der Waals surface area (Å²) < 4.78 is 14.1. The van der Waals surface area contributed by atoms with E-state index in [4.69, 9.17) is 0 Å². The second kappa shape index (κ2) is 5.41. The van der Waals surface area contributed by atoms with Gasteiger partial charge in [-0.2, -0.15) is 0 Å². The minimum Gasteiger partial charge on any atom is -0.349 e. The van der Waals surface area contributed by atoms with Crippen molar-refractivity contribution in [2.75, 3.05) is 5.75 Å². The monoisotopic (exact) mass is 310 g/mol. The third kappa shape index (κ3) is 2.78. The van der Waals surface area contributed by atoms with Gasteiger partial charge in [0.05, 0.1) is 6.54 Å². The quantitative estimate of drug-likeness (QED) is 0.915. The first-order chi connectivity index (χ1) is 9.61. The van der Waals surface area contributed by atoms with E-state index in [-0.39, 0.29) is 17.0 Å². The standard InChI is InChI=1S/C13H11FN2O2S2/c14-8-1-2-11-7(3-8)4-9(20-11)5-15-12(17)10-6-19-13(18)16-10/h1-4,10H,5-6H2,(H,15,17)(H,16,18). The smallest absolute Gasteiger partial charge is 0.279 e. The number of rotatable bonds is 3. The Morgan fingerprint density at radius 3 is 3.05 bits per heavy atom. The summed E-state index contributed by atoms with van der Waals surface area (Å²) in [6.07, 6.45) is 0. The predicted molar refractivity (Wildman–Crippen MR) is 78.4 cm³/mol. The average molecular weight is 310 g/mol. The molecule has 1 aromatic heterocycles.